The maximum atomic E-state index is 11.7. The maximum Gasteiger partial charge on any atom is 0.303 e. The molecule has 0 aromatic carbocycles. The van der Waals surface area contributed by atoms with Crippen LogP contribution < -0.4 is 0 Å². The lowest BCUT2D eigenvalue weighted by molar-refractivity contribution is -0.138. The van der Waals surface area contributed by atoms with Crippen molar-refractivity contribution in [2.75, 3.05) is 26.7 Å². The highest BCUT2D eigenvalue weighted by Crippen LogP contribution is 2.20. The molecule has 1 saturated heterocycles. The Labute approximate surface area is 89.7 Å². The molecule has 7 heteroatoms. The first-order valence-corrected chi connectivity index (χ1v) is 6.20. The van der Waals surface area contributed by atoms with E-state index >= 15 is 0 Å². The highest BCUT2D eigenvalue weighted by Gasteiger charge is 2.35. The maximum absolute atomic E-state index is 11.7. The van der Waals surface area contributed by atoms with Gasteiger partial charge in [-0.3, -0.25) is 4.79 Å². The summed E-state index contributed by atoms with van der Waals surface area (Å²) in [5.41, 5.74) is 0. The number of nitrogens with zero attached hydrogens (tertiary/aromatic N) is 2. The quantitative estimate of drug-likeness (QED) is 0.722. The van der Waals surface area contributed by atoms with Gasteiger partial charge < -0.3 is 5.11 Å². The van der Waals surface area contributed by atoms with Gasteiger partial charge in [0.1, 0.15) is 0 Å². The Hall–Kier alpha value is -0.660. The van der Waals surface area contributed by atoms with E-state index in [0.29, 0.717) is 13.1 Å². The van der Waals surface area contributed by atoms with Crippen LogP contribution >= 0.6 is 0 Å². The topological polar surface area (TPSA) is 77.9 Å². The summed E-state index contributed by atoms with van der Waals surface area (Å²) in [5.74, 6) is -1.01. The molecule has 0 aromatic rings. The summed E-state index contributed by atoms with van der Waals surface area (Å²) in [4.78, 5) is 10.5. The van der Waals surface area contributed by atoms with E-state index in [-0.39, 0.29) is 18.9 Å². The number of carbonyl (C=O) groups is 1. The molecule has 0 saturated carbocycles. The van der Waals surface area contributed by atoms with Crippen LogP contribution in [0.15, 0.2) is 0 Å². The Balaban J connectivity index is 2.77. The molecule has 0 spiro atoms. The van der Waals surface area contributed by atoms with Crippen molar-refractivity contribution in [2.24, 2.45) is 5.92 Å². The average molecular weight is 236 g/mol. The first-order chi connectivity index (χ1) is 6.87. The number of hydrogen-bond donors (Lipinski definition) is 1. The molecular weight excluding hydrogens is 220 g/mol. The van der Waals surface area contributed by atoms with Crippen LogP contribution in [0.1, 0.15) is 13.3 Å². The van der Waals surface area contributed by atoms with Crippen molar-refractivity contribution in [3.05, 3.63) is 0 Å². The third-order valence-electron chi connectivity index (χ3n) is 2.51. The number of carboxylic acid groups (broad SMARTS) is 1. The SMILES string of the molecule is CCN1CC(CC(=O)O)CN(C)S1(=O)=O. The Bertz CT molecular complexity index is 341. The van der Waals surface area contributed by atoms with Gasteiger partial charge in [0.2, 0.25) is 0 Å². The van der Waals surface area contributed by atoms with Crippen molar-refractivity contribution < 1.29 is 18.3 Å². The summed E-state index contributed by atoms with van der Waals surface area (Å²) in [6.07, 6.45) is 0.0103. The molecule has 15 heavy (non-hydrogen) atoms. The van der Waals surface area contributed by atoms with Crippen LogP contribution in [-0.2, 0) is 15.0 Å². The molecule has 1 aliphatic heterocycles. The third-order valence-corrected chi connectivity index (χ3v) is 4.51. The zero-order valence-corrected chi connectivity index (χ0v) is 9.70. The van der Waals surface area contributed by atoms with Crippen molar-refractivity contribution >= 4 is 16.2 Å². The van der Waals surface area contributed by atoms with Crippen molar-refractivity contribution in [2.45, 2.75) is 13.3 Å². The molecule has 1 rings (SSSR count). The minimum absolute atomic E-state index is 0.0103. The molecule has 1 unspecified atom stereocenters. The van der Waals surface area contributed by atoms with Gasteiger partial charge in [-0.2, -0.15) is 17.0 Å². The highest BCUT2D eigenvalue weighted by atomic mass is 32.2. The van der Waals surface area contributed by atoms with Crippen molar-refractivity contribution in [3.8, 4) is 0 Å². The standard InChI is InChI=1S/C8H16N2O4S/c1-3-10-6-7(4-8(11)12)5-9(2)15(10,13)14/h7H,3-6H2,1-2H3,(H,11,12). The van der Waals surface area contributed by atoms with Gasteiger partial charge >= 0.3 is 5.97 Å². The fourth-order valence-electron chi connectivity index (χ4n) is 1.76. The van der Waals surface area contributed by atoms with Crippen LogP contribution in [0.2, 0.25) is 0 Å². The average Bonchev–Trinajstić information content (AvgIpc) is 2.10. The number of aliphatic carboxylic acids is 1. The first-order valence-electron chi connectivity index (χ1n) is 4.81. The van der Waals surface area contributed by atoms with Gasteiger partial charge in [0, 0.05) is 26.7 Å². The van der Waals surface area contributed by atoms with Gasteiger partial charge in [0.25, 0.3) is 10.2 Å². The summed E-state index contributed by atoms with van der Waals surface area (Å²) >= 11 is 0. The lowest BCUT2D eigenvalue weighted by Gasteiger charge is -2.36. The van der Waals surface area contributed by atoms with E-state index in [1.807, 2.05) is 0 Å². The predicted octanol–water partition coefficient (Wildman–Crippen LogP) is -0.411. The van der Waals surface area contributed by atoms with E-state index in [0.717, 1.165) is 0 Å². The molecule has 0 aromatic heterocycles. The van der Waals surface area contributed by atoms with E-state index in [2.05, 4.69) is 0 Å². The molecule has 0 aliphatic carbocycles. The zero-order valence-electron chi connectivity index (χ0n) is 8.88. The van der Waals surface area contributed by atoms with E-state index < -0.39 is 16.2 Å². The largest absolute Gasteiger partial charge is 0.481 e. The van der Waals surface area contributed by atoms with E-state index in [1.54, 1.807) is 6.92 Å². The van der Waals surface area contributed by atoms with Gasteiger partial charge in [0.05, 0.1) is 6.42 Å². The Kier molecular flexibility index (Phi) is 3.69. The van der Waals surface area contributed by atoms with Crippen molar-refractivity contribution in [3.63, 3.8) is 0 Å². The fourth-order valence-corrected chi connectivity index (χ4v) is 3.28. The normalized spacial score (nSPS) is 27.7. The number of rotatable bonds is 3. The summed E-state index contributed by atoms with van der Waals surface area (Å²) in [5, 5.41) is 8.65. The van der Waals surface area contributed by atoms with E-state index in [1.165, 1.54) is 15.7 Å². The summed E-state index contributed by atoms with van der Waals surface area (Å²) in [7, 11) is -1.87. The molecular formula is C8H16N2O4S. The third kappa shape index (κ3) is 2.67. The lowest BCUT2D eigenvalue weighted by atomic mass is 10.1. The van der Waals surface area contributed by atoms with Gasteiger partial charge in [-0.05, 0) is 5.92 Å². The van der Waals surface area contributed by atoms with E-state index in [9.17, 15) is 13.2 Å². The number of hydrogen-bond acceptors (Lipinski definition) is 3. The fraction of sp³-hybridized carbons (Fsp3) is 0.875. The van der Waals surface area contributed by atoms with Crippen molar-refractivity contribution in [1.82, 2.24) is 8.61 Å². The Morgan fingerprint density at radius 2 is 2.07 bits per heavy atom. The number of carboxylic acids is 1. The molecule has 0 bridgehead atoms. The molecule has 1 aliphatic rings. The molecule has 1 N–H and O–H groups in total. The van der Waals surface area contributed by atoms with Crippen LogP contribution in [-0.4, -0.2) is 54.8 Å². The lowest BCUT2D eigenvalue weighted by Crippen LogP contribution is -2.52. The van der Waals surface area contributed by atoms with Crippen LogP contribution in [0.4, 0.5) is 0 Å². The van der Waals surface area contributed by atoms with Crippen LogP contribution in [0, 0.1) is 5.92 Å². The van der Waals surface area contributed by atoms with Crippen molar-refractivity contribution in [1.29, 1.82) is 0 Å². The second-order valence-corrected chi connectivity index (χ2v) is 5.74. The molecule has 88 valence electrons. The minimum Gasteiger partial charge on any atom is -0.481 e. The smallest absolute Gasteiger partial charge is 0.303 e. The molecule has 0 radical (unpaired) electrons. The summed E-state index contributed by atoms with van der Waals surface area (Å²) in [6.45, 7) is 2.71. The summed E-state index contributed by atoms with van der Waals surface area (Å²) in [6, 6.07) is 0. The van der Waals surface area contributed by atoms with Gasteiger partial charge in [0.15, 0.2) is 0 Å². The molecule has 6 nitrogen and oxygen atoms in total. The van der Waals surface area contributed by atoms with Crippen LogP contribution in [0.5, 0.6) is 0 Å². The van der Waals surface area contributed by atoms with Crippen LogP contribution in [0.25, 0.3) is 0 Å². The second-order valence-electron chi connectivity index (χ2n) is 3.70. The minimum atomic E-state index is -3.35. The zero-order chi connectivity index (χ0) is 11.6. The predicted molar refractivity (Wildman–Crippen MR) is 54.5 cm³/mol. The second kappa shape index (κ2) is 4.46. The van der Waals surface area contributed by atoms with Gasteiger partial charge in [-0.1, -0.05) is 6.92 Å². The Morgan fingerprint density at radius 1 is 1.47 bits per heavy atom. The Morgan fingerprint density at radius 3 is 2.53 bits per heavy atom. The molecule has 1 atom stereocenters. The van der Waals surface area contributed by atoms with Gasteiger partial charge in [-0.25, -0.2) is 0 Å². The monoisotopic (exact) mass is 236 g/mol. The molecule has 1 fully saturated rings. The highest BCUT2D eigenvalue weighted by molar-refractivity contribution is 7.86. The summed E-state index contributed by atoms with van der Waals surface area (Å²) < 4.78 is 25.9. The van der Waals surface area contributed by atoms with Gasteiger partial charge in [-0.15, -0.1) is 0 Å². The molecule has 0 amide bonds. The molecule has 1 heterocycles. The van der Waals surface area contributed by atoms with E-state index in [4.69, 9.17) is 5.11 Å². The van der Waals surface area contributed by atoms with Crippen LogP contribution in [0.3, 0.4) is 0 Å². The first kappa shape index (κ1) is 12.4.